The van der Waals surface area contributed by atoms with Gasteiger partial charge < -0.3 is 10.4 Å². The molecule has 2 aromatic rings. The maximum Gasteiger partial charge on any atom is 0.339 e. The number of nitrogens with zero attached hydrogens (tertiary/aromatic N) is 1. The van der Waals surface area contributed by atoms with Crippen molar-refractivity contribution in [2.24, 2.45) is 0 Å². The number of nitrogens with one attached hydrogen (secondary N) is 1. The molecule has 1 amide bonds. The Morgan fingerprint density at radius 3 is 2.72 bits per heavy atom. The number of anilines is 1. The van der Waals surface area contributed by atoms with E-state index in [4.69, 9.17) is 5.11 Å². The molecule has 2 heterocycles. The van der Waals surface area contributed by atoms with Gasteiger partial charge in [-0.3, -0.25) is 4.79 Å². The smallest absolute Gasteiger partial charge is 0.339 e. The van der Waals surface area contributed by atoms with Gasteiger partial charge in [-0.2, -0.15) is 11.3 Å². The van der Waals surface area contributed by atoms with Gasteiger partial charge in [0.2, 0.25) is 0 Å². The largest absolute Gasteiger partial charge is 0.478 e. The predicted molar refractivity (Wildman–Crippen MR) is 68.2 cm³/mol. The average Bonchev–Trinajstić information content (AvgIpc) is 2.76. The summed E-state index contributed by atoms with van der Waals surface area (Å²) in [5, 5.41) is 15.1. The van der Waals surface area contributed by atoms with Crippen LogP contribution in [-0.2, 0) is 0 Å². The molecule has 5 nitrogen and oxygen atoms in total. The number of thiophene rings is 1. The number of amides is 1. The minimum atomic E-state index is -1.12. The zero-order chi connectivity index (χ0) is 13.1. The Balaban J connectivity index is 2.28. The molecular formula is C12H10N2O3S. The van der Waals surface area contributed by atoms with Gasteiger partial charge in [-0.15, -0.1) is 0 Å². The molecular weight excluding hydrogens is 252 g/mol. The first kappa shape index (κ1) is 12.3. The highest BCUT2D eigenvalue weighted by Crippen LogP contribution is 2.17. The molecule has 6 heteroatoms. The van der Waals surface area contributed by atoms with Crippen LogP contribution in [-0.4, -0.2) is 22.0 Å². The normalized spacial score (nSPS) is 10.1. The fourth-order valence-corrected chi connectivity index (χ4v) is 2.27. The van der Waals surface area contributed by atoms with Crippen LogP contribution in [0.5, 0.6) is 0 Å². The molecule has 0 aliphatic heterocycles. The molecule has 2 rings (SSSR count). The summed E-state index contributed by atoms with van der Waals surface area (Å²) in [4.78, 5) is 26.8. The first-order valence-corrected chi connectivity index (χ1v) is 6.06. The van der Waals surface area contributed by atoms with Gasteiger partial charge in [0.15, 0.2) is 0 Å². The van der Waals surface area contributed by atoms with Crippen LogP contribution in [0.4, 0.5) is 5.82 Å². The first-order valence-electron chi connectivity index (χ1n) is 5.12. The highest BCUT2D eigenvalue weighted by atomic mass is 32.1. The molecule has 0 unspecified atom stereocenters. The summed E-state index contributed by atoms with van der Waals surface area (Å²) in [7, 11) is 0. The Morgan fingerprint density at radius 2 is 2.11 bits per heavy atom. The molecule has 0 saturated carbocycles. The number of hydrogen-bond donors (Lipinski definition) is 2. The Bertz CT molecular complexity index is 607. The van der Waals surface area contributed by atoms with E-state index >= 15 is 0 Å². The molecule has 0 saturated heterocycles. The van der Waals surface area contributed by atoms with Crippen molar-refractivity contribution in [3.63, 3.8) is 0 Å². The molecule has 0 atom stereocenters. The van der Waals surface area contributed by atoms with Crippen LogP contribution in [0.1, 0.15) is 26.3 Å². The Morgan fingerprint density at radius 1 is 1.33 bits per heavy atom. The second-order valence-corrected chi connectivity index (χ2v) is 4.37. The zero-order valence-electron chi connectivity index (χ0n) is 9.51. The molecule has 2 aromatic heterocycles. The Hall–Kier alpha value is -2.21. The van der Waals surface area contributed by atoms with Gasteiger partial charge in [-0.05, 0) is 30.0 Å². The molecule has 92 valence electrons. The second kappa shape index (κ2) is 4.97. The fraction of sp³-hybridized carbons (Fsp3) is 0.0833. The van der Waals surface area contributed by atoms with Crippen LogP contribution in [0.2, 0.25) is 0 Å². The summed E-state index contributed by atoms with van der Waals surface area (Å²) in [6.07, 6.45) is 1.43. The predicted octanol–water partition coefficient (Wildman–Crippen LogP) is 2.40. The van der Waals surface area contributed by atoms with Crippen molar-refractivity contribution >= 4 is 29.0 Å². The van der Waals surface area contributed by atoms with E-state index in [1.165, 1.54) is 29.7 Å². The van der Waals surface area contributed by atoms with Crippen LogP contribution in [0.15, 0.2) is 29.1 Å². The average molecular weight is 262 g/mol. The number of pyridine rings is 1. The second-order valence-electron chi connectivity index (χ2n) is 3.63. The van der Waals surface area contributed by atoms with Gasteiger partial charge in [0, 0.05) is 11.6 Å². The van der Waals surface area contributed by atoms with Crippen LogP contribution in [0.25, 0.3) is 0 Å². The van der Waals surface area contributed by atoms with Crippen molar-refractivity contribution in [2.45, 2.75) is 6.92 Å². The summed E-state index contributed by atoms with van der Waals surface area (Å²) in [5.74, 6) is -1.42. The quantitative estimate of drug-likeness (QED) is 0.890. The van der Waals surface area contributed by atoms with Crippen LogP contribution >= 0.6 is 11.3 Å². The molecule has 0 radical (unpaired) electrons. The summed E-state index contributed by atoms with van der Waals surface area (Å²) in [6, 6.07) is 2.90. The SMILES string of the molecule is Cc1cscc1C(=O)Nc1ncccc1C(=O)O. The highest BCUT2D eigenvalue weighted by Gasteiger charge is 2.15. The van der Waals surface area contributed by atoms with E-state index in [2.05, 4.69) is 10.3 Å². The maximum atomic E-state index is 11.9. The number of carbonyl (C=O) groups is 2. The topological polar surface area (TPSA) is 79.3 Å². The van der Waals surface area contributed by atoms with E-state index in [0.717, 1.165) is 5.56 Å². The van der Waals surface area contributed by atoms with Gasteiger partial charge in [-0.1, -0.05) is 0 Å². The minimum absolute atomic E-state index is 0.0290. The highest BCUT2D eigenvalue weighted by molar-refractivity contribution is 7.08. The van der Waals surface area contributed by atoms with Gasteiger partial charge in [-0.25, -0.2) is 9.78 Å². The maximum absolute atomic E-state index is 11.9. The lowest BCUT2D eigenvalue weighted by atomic mass is 10.2. The van der Waals surface area contributed by atoms with Crippen molar-refractivity contribution in [1.29, 1.82) is 0 Å². The Labute approximate surface area is 107 Å². The number of carboxylic acid groups (broad SMARTS) is 1. The number of hydrogen-bond acceptors (Lipinski definition) is 4. The van der Waals surface area contributed by atoms with Crippen LogP contribution in [0, 0.1) is 6.92 Å². The van der Waals surface area contributed by atoms with Crippen LogP contribution in [0.3, 0.4) is 0 Å². The van der Waals surface area contributed by atoms with Gasteiger partial charge in [0.05, 0.1) is 5.56 Å². The fourth-order valence-electron chi connectivity index (χ4n) is 1.45. The number of aryl methyl sites for hydroxylation is 1. The number of aromatic nitrogens is 1. The molecule has 18 heavy (non-hydrogen) atoms. The lowest BCUT2D eigenvalue weighted by Crippen LogP contribution is -2.16. The van der Waals surface area contributed by atoms with Crippen LogP contribution < -0.4 is 5.32 Å². The third-order valence-electron chi connectivity index (χ3n) is 2.37. The molecule has 0 spiro atoms. The monoisotopic (exact) mass is 262 g/mol. The third-order valence-corrected chi connectivity index (χ3v) is 3.23. The van der Waals surface area contributed by atoms with Gasteiger partial charge in [0.1, 0.15) is 11.4 Å². The molecule has 0 aliphatic carbocycles. The molecule has 0 bridgehead atoms. The summed E-state index contributed by atoms with van der Waals surface area (Å²) in [6.45, 7) is 1.82. The van der Waals surface area contributed by atoms with Crippen molar-refractivity contribution in [3.8, 4) is 0 Å². The van der Waals surface area contributed by atoms with E-state index in [0.29, 0.717) is 5.56 Å². The first-order chi connectivity index (χ1) is 8.59. The third kappa shape index (κ3) is 2.38. The molecule has 2 N–H and O–H groups in total. The van der Waals surface area contributed by atoms with E-state index < -0.39 is 5.97 Å². The van der Waals surface area contributed by atoms with Crippen molar-refractivity contribution in [2.75, 3.05) is 5.32 Å². The number of carbonyl (C=O) groups excluding carboxylic acids is 1. The summed E-state index contributed by atoms with van der Waals surface area (Å²) >= 11 is 1.42. The lowest BCUT2D eigenvalue weighted by molar-refractivity contribution is 0.0697. The molecule has 0 aliphatic rings. The van der Waals surface area contributed by atoms with Crippen molar-refractivity contribution < 1.29 is 14.7 Å². The summed E-state index contributed by atoms with van der Waals surface area (Å²) < 4.78 is 0. The number of aromatic carboxylic acids is 1. The van der Waals surface area contributed by atoms with E-state index in [1.54, 1.807) is 5.38 Å². The number of rotatable bonds is 3. The van der Waals surface area contributed by atoms with E-state index in [-0.39, 0.29) is 17.3 Å². The van der Waals surface area contributed by atoms with E-state index in [9.17, 15) is 9.59 Å². The van der Waals surface area contributed by atoms with Gasteiger partial charge in [0.25, 0.3) is 5.91 Å². The minimum Gasteiger partial charge on any atom is -0.478 e. The standard InChI is InChI=1S/C12H10N2O3S/c1-7-5-18-6-9(7)11(15)14-10-8(12(16)17)3-2-4-13-10/h2-6H,1H3,(H,16,17)(H,13,14,15). The van der Waals surface area contributed by atoms with Crippen molar-refractivity contribution in [3.05, 3.63) is 45.8 Å². The van der Waals surface area contributed by atoms with E-state index in [1.807, 2.05) is 12.3 Å². The summed E-state index contributed by atoms with van der Waals surface area (Å²) in [5.41, 5.74) is 1.35. The Kier molecular flexibility index (Phi) is 3.38. The number of carboxylic acids is 1. The van der Waals surface area contributed by atoms with Gasteiger partial charge >= 0.3 is 5.97 Å². The molecule has 0 aromatic carbocycles. The molecule has 0 fully saturated rings. The van der Waals surface area contributed by atoms with Crippen molar-refractivity contribution in [1.82, 2.24) is 4.98 Å². The zero-order valence-corrected chi connectivity index (χ0v) is 10.3. The lowest BCUT2D eigenvalue weighted by Gasteiger charge is -2.06.